The number of halogens is 1. The van der Waals surface area contributed by atoms with E-state index in [0.717, 1.165) is 59.2 Å². The van der Waals surface area contributed by atoms with Crippen LogP contribution in [0.1, 0.15) is 37.6 Å². The van der Waals surface area contributed by atoms with Crippen LogP contribution in [0.2, 0.25) is 5.02 Å². The van der Waals surface area contributed by atoms with Crippen LogP contribution in [0.15, 0.2) is 42.7 Å². The molecule has 1 atom stereocenters. The molecule has 0 aliphatic carbocycles. The fourth-order valence-corrected chi connectivity index (χ4v) is 4.82. The lowest BCUT2D eigenvalue weighted by Crippen LogP contribution is -2.47. The molecule has 0 N–H and O–H groups in total. The van der Waals surface area contributed by atoms with Crippen molar-refractivity contribution in [1.29, 1.82) is 0 Å². The van der Waals surface area contributed by atoms with Crippen LogP contribution in [-0.2, 0) is 10.2 Å². The van der Waals surface area contributed by atoms with Gasteiger partial charge in [0.1, 0.15) is 5.82 Å². The van der Waals surface area contributed by atoms with Gasteiger partial charge in [-0.3, -0.25) is 14.8 Å². The van der Waals surface area contributed by atoms with E-state index < -0.39 is 0 Å². The second-order valence-corrected chi connectivity index (χ2v) is 9.09. The normalized spacial score (nSPS) is 21.8. The van der Waals surface area contributed by atoms with Gasteiger partial charge in [-0.2, -0.15) is 0 Å². The first-order chi connectivity index (χ1) is 14.4. The molecule has 2 fully saturated rings. The van der Waals surface area contributed by atoms with Crippen molar-refractivity contribution in [3.63, 3.8) is 0 Å². The third kappa shape index (κ3) is 3.29. The number of carbonyl (C=O) groups is 1. The zero-order valence-corrected chi connectivity index (χ0v) is 17.9. The minimum absolute atomic E-state index is 0.127. The standard InChI is InChI=1S/C23H24ClN5O/c1-15(30)28-10-7-23(2,14-28)22-21(25-8-9-26-22)17-12-29(13-17)20-6-3-16-11-18(24)4-5-19(16)27-20/h3-6,8-9,11,17H,7,10,12-14H2,1-2H3/t23-/m1/s1. The number of fused-ring (bicyclic) bond motifs is 1. The third-order valence-corrected chi connectivity index (χ3v) is 6.68. The summed E-state index contributed by atoms with van der Waals surface area (Å²) in [6, 6.07) is 9.89. The predicted molar refractivity (Wildman–Crippen MR) is 118 cm³/mol. The summed E-state index contributed by atoms with van der Waals surface area (Å²) in [5, 5.41) is 1.77. The van der Waals surface area contributed by atoms with E-state index in [-0.39, 0.29) is 11.3 Å². The number of nitrogens with zero attached hydrogens (tertiary/aromatic N) is 5. The molecule has 2 saturated heterocycles. The largest absolute Gasteiger partial charge is 0.355 e. The minimum atomic E-state index is -0.143. The summed E-state index contributed by atoms with van der Waals surface area (Å²) in [4.78, 5) is 30.3. The smallest absolute Gasteiger partial charge is 0.219 e. The first-order valence-electron chi connectivity index (χ1n) is 10.3. The molecule has 4 heterocycles. The highest BCUT2D eigenvalue weighted by Gasteiger charge is 2.42. The zero-order chi connectivity index (χ0) is 20.9. The Kier molecular flexibility index (Phi) is 4.62. The van der Waals surface area contributed by atoms with Gasteiger partial charge < -0.3 is 9.80 Å². The number of pyridine rings is 1. The van der Waals surface area contributed by atoms with Gasteiger partial charge in [0.2, 0.25) is 5.91 Å². The highest BCUT2D eigenvalue weighted by atomic mass is 35.5. The van der Waals surface area contributed by atoms with Crippen molar-refractivity contribution in [2.75, 3.05) is 31.1 Å². The van der Waals surface area contributed by atoms with E-state index >= 15 is 0 Å². The van der Waals surface area contributed by atoms with Gasteiger partial charge in [-0.25, -0.2) is 4.98 Å². The number of hydrogen-bond acceptors (Lipinski definition) is 5. The first kappa shape index (κ1) is 19.2. The molecule has 0 saturated carbocycles. The zero-order valence-electron chi connectivity index (χ0n) is 17.2. The van der Waals surface area contributed by atoms with Gasteiger partial charge in [0.05, 0.1) is 16.9 Å². The highest BCUT2D eigenvalue weighted by Crippen LogP contribution is 2.39. The molecular formula is C23H24ClN5O. The number of aromatic nitrogens is 3. The summed E-state index contributed by atoms with van der Waals surface area (Å²) in [5.74, 6) is 1.42. The fourth-order valence-electron chi connectivity index (χ4n) is 4.64. The van der Waals surface area contributed by atoms with Crippen molar-refractivity contribution in [3.8, 4) is 0 Å². The molecule has 2 aromatic heterocycles. The third-order valence-electron chi connectivity index (χ3n) is 6.45. The van der Waals surface area contributed by atoms with Crippen LogP contribution >= 0.6 is 11.6 Å². The number of amides is 1. The van der Waals surface area contributed by atoms with E-state index in [1.165, 1.54) is 0 Å². The summed E-state index contributed by atoms with van der Waals surface area (Å²) < 4.78 is 0. The van der Waals surface area contributed by atoms with Crippen molar-refractivity contribution >= 4 is 34.2 Å². The van der Waals surface area contributed by atoms with Crippen LogP contribution in [0.4, 0.5) is 5.82 Å². The minimum Gasteiger partial charge on any atom is -0.355 e. The topological polar surface area (TPSA) is 62.2 Å². The lowest BCUT2D eigenvalue weighted by atomic mass is 9.80. The van der Waals surface area contributed by atoms with Crippen molar-refractivity contribution in [2.45, 2.75) is 31.6 Å². The molecule has 6 nitrogen and oxygen atoms in total. The Labute approximate surface area is 180 Å². The molecule has 0 radical (unpaired) electrons. The Balaban J connectivity index is 1.36. The maximum atomic E-state index is 11.8. The van der Waals surface area contributed by atoms with Crippen LogP contribution < -0.4 is 4.90 Å². The monoisotopic (exact) mass is 421 g/mol. The van der Waals surface area contributed by atoms with E-state index in [1.54, 1.807) is 19.3 Å². The van der Waals surface area contributed by atoms with E-state index in [9.17, 15) is 4.79 Å². The Hall–Kier alpha value is -2.73. The highest BCUT2D eigenvalue weighted by molar-refractivity contribution is 6.31. The second kappa shape index (κ2) is 7.20. The Bertz CT molecular complexity index is 1130. The molecule has 0 bridgehead atoms. The molecule has 0 spiro atoms. The fraction of sp³-hybridized carbons (Fsp3) is 0.391. The van der Waals surface area contributed by atoms with Crippen LogP contribution in [0.3, 0.4) is 0 Å². The van der Waals surface area contributed by atoms with Crippen LogP contribution in [0.5, 0.6) is 0 Å². The SMILES string of the molecule is CC(=O)N1CC[C@@](C)(c2nccnc2C2CN(c3ccc4cc(Cl)ccc4n3)C2)C1. The number of carbonyl (C=O) groups excluding carboxylic acids is 1. The van der Waals surface area contributed by atoms with Gasteiger partial charge in [0.25, 0.3) is 0 Å². The molecule has 2 aliphatic rings. The number of benzene rings is 1. The van der Waals surface area contributed by atoms with E-state index in [1.807, 2.05) is 23.1 Å². The maximum Gasteiger partial charge on any atom is 0.219 e. The van der Waals surface area contributed by atoms with Crippen molar-refractivity contribution in [3.05, 3.63) is 59.1 Å². The Morgan fingerprint density at radius 2 is 1.97 bits per heavy atom. The second-order valence-electron chi connectivity index (χ2n) is 8.65. The van der Waals surface area contributed by atoms with Crippen molar-refractivity contribution in [1.82, 2.24) is 19.9 Å². The van der Waals surface area contributed by atoms with Crippen molar-refractivity contribution in [2.24, 2.45) is 0 Å². The summed E-state index contributed by atoms with van der Waals surface area (Å²) in [5.41, 5.74) is 2.91. The predicted octanol–water partition coefficient (Wildman–Crippen LogP) is 3.79. The number of anilines is 1. The van der Waals surface area contributed by atoms with Gasteiger partial charge in [0, 0.05) is 67.2 Å². The van der Waals surface area contributed by atoms with Crippen molar-refractivity contribution < 1.29 is 4.79 Å². The van der Waals surface area contributed by atoms with Crippen LogP contribution in [-0.4, -0.2) is 51.9 Å². The molecule has 2 aliphatic heterocycles. The molecular weight excluding hydrogens is 398 g/mol. The average Bonchev–Trinajstić information content (AvgIpc) is 3.11. The summed E-state index contributed by atoms with van der Waals surface area (Å²) in [6.45, 7) is 7.06. The molecule has 1 aromatic carbocycles. The Morgan fingerprint density at radius 3 is 2.73 bits per heavy atom. The Morgan fingerprint density at radius 1 is 1.17 bits per heavy atom. The maximum absolute atomic E-state index is 11.8. The molecule has 30 heavy (non-hydrogen) atoms. The molecule has 1 amide bonds. The molecule has 0 unspecified atom stereocenters. The van der Waals surface area contributed by atoms with E-state index in [2.05, 4.69) is 24.0 Å². The molecule has 154 valence electrons. The van der Waals surface area contributed by atoms with Gasteiger partial charge in [-0.1, -0.05) is 18.5 Å². The van der Waals surface area contributed by atoms with Gasteiger partial charge in [-0.15, -0.1) is 0 Å². The van der Waals surface area contributed by atoms with Crippen LogP contribution in [0, 0.1) is 0 Å². The number of hydrogen-bond donors (Lipinski definition) is 0. The molecule has 7 heteroatoms. The number of likely N-dealkylation sites (tertiary alicyclic amines) is 1. The molecule has 5 rings (SSSR count). The van der Waals surface area contributed by atoms with E-state index in [0.29, 0.717) is 12.5 Å². The van der Waals surface area contributed by atoms with Gasteiger partial charge in [0.15, 0.2) is 0 Å². The molecule has 3 aromatic rings. The summed E-state index contributed by atoms with van der Waals surface area (Å²) >= 11 is 6.08. The van der Waals surface area contributed by atoms with Gasteiger partial charge in [-0.05, 0) is 36.8 Å². The lowest BCUT2D eigenvalue weighted by molar-refractivity contribution is -0.127. The number of rotatable bonds is 3. The quantitative estimate of drug-likeness (QED) is 0.643. The average molecular weight is 422 g/mol. The lowest BCUT2D eigenvalue weighted by Gasteiger charge is -2.41. The van der Waals surface area contributed by atoms with E-state index in [4.69, 9.17) is 26.6 Å². The summed E-state index contributed by atoms with van der Waals surface area (Å²) in [6.07, 6.45) is 4.47. The van der Waals surface area contributed by atoms with Gasteiger partial charge >= 0.3 is 0 Å². The first-order valence-corrected chi connectivity index (χ1v) is 10.7. The van der Waals surface area contributed by atoms with Crippen LogP contribution in [0.25, 0.3) is 10.9 Å². The summed E-state index contributed by atoms with van der Waals surface area (Å²) in [7, 11) is 0.